The number of benzene rings is 1. The molecule has 0 aliphatic carbocycles. The van der Waals surface area contributed by atoms with E-state index in [0.29, 0.717) is 18.1 Å². The fraction of sp³-hybridized carbons (Fsp3) is 0.600. The fourth-order valence-electron chi connectivity index (χ4n) is 1.72. The molecule has 1 aromatic rings. The van der Waals surface area contributed by atoms with Crippen LogP contribution >= 0.6 is 0 Å². The first-order valence-electron chi connectivity index (χ1n) is 6.70. The van der Waals surface area contributed by atoms with E-state index in [1.807, 2.05) is 6.07 Å². The van der Waals surface area contributed by atoms with Crippen molar-refractivity contribution in [2.24, 2.45) is 5.92 Å². The van der Waals surface area contributed by atoms with Gasteiger partial charge in [0.2, 0.25) is 0 Å². The van der Waals surface area contributed by atoms with Crippen LogP contribution in [0.2, 0.25) is 0 Å². The molecule has 1 aromatic carbocycles. The summed E-state index contributed by atoms with van der Waals surface area (Å²) in [5.74, 6) is 0.225. The predicted octanol–water partition coefficient (Wildman–Crippen LogP) is 3.37. The van der Waals surface area contributed by atoms with Crippen molar-refractivity contribution in [1.29, 1.82) is 0 Å². The van der Waals surface area contributed by atoms with Crippen molar-refractivity contribution in [2.45, 2.75) is 39.9 Å². The summed E-state index contributed by atoms with van der Waals surface area (Å²) in [6, 6.07) is 6.77. The SMILES string of the molecule is CCCNCC(OCc1ccccc1F)C(C)C. The minimum absolute atomic E-state index is 0.121. The maximum Gasteiger partial charge on any atom is 0.128 e. The van der Waals surface area contributed by atoms with Gasteiger partial charge in [0.25, 0.3) is 0 Å². The summed E-state index contributed by atoms with van der Waals surface area (Å²) in [5.41, 5.74) is 0.624. The third-order valence-electron chi connectivity index (χ3n) is 2.93. The molecule has 0 radical (unpaired) electrons. The van der Waals surface area contributed by atoms with Gasteiger partial charge in [0, 0.05) is 12.1 Å². The van der Waals surface area contributed by atoms with Gasteiger partial charge in [-0.05, 0) is 24.9 Å². The second-order valence-corrected chi connectivity index (χ2v) is 4.89. The Morgan fingerprint density at radius 3 is 2.61 bits per heavy atom. The van der Waals surface area contributed by atoms with Crippen molar-refractivity contribution in [3.63, 3.8) is 0 Å². The van der Waals surface area contributed by atoms with E-state index in [9.17, 15) is 4.39 Å². The van der Waals surface area contributed by atoms with Crippen LogP contribution in [0.15, 0.2) is 24.3 Å². The van der Waals surface area contributed by atoms with Gasteiger partial charge in [-0.3, -0.25) is 0 Å². The van der Waals surface area contributed by atoms with Crippen molar-refractivity contribution in [3.8, 4) is 0 Å². The molecule has 0 saturated heterocycles. The number of hydrogen-bond acceptors (Lipinski definition) is 2. The van der Waals surface area contributed by atoms with Crippen molar-refractivity contribution in [2.75, 3.05) is 13.1 Å². The largest absolute Gasteiger partial charge is 0.372 e. The minimum Gasteiger partial charge on any atom is -0.372 e. The molecule has 1 rings (SSSR count). The Balaban J connectivity index is 2.44. The molecule has 0 saturated carbocycles. The first-order chi connectivity index (χ1) is 8.65. The van der Waals surface area contributed by atoms with Gasteiger partial charge in [-0.15, -0.1) is 0 Å². The number of hydrogen-bond donors (Lipinski definition) is 1. The number of ether oxygens (including phenoxy) is 1. The van der Waals surface area contributed by atoms with Crippen LogP contribution in [0.4, 0.5) is 4.39 Å². The highest BCUT2D eigenvalue weighted by atomic mass is 19.1. The molecule has 0 spiro atoms. The van der Waals surface area contributed by atoms with E-state index in [1.54, 1.807) is 12.1 Å². The molecule has 0 aliphatic heterocycles. The fourth-order valence-corrected chi connectivity index (χ4v) is 1.72. The van der Waals surface area contributed by atoms with E-state index in [2.05, 4.69) is 26.1 Å². The van der Waals surface area contributed by atoms with Crippen molar-refractivity contribution in [3.05, 3.63) is 35.6 Å². The van der Waals surface area contributed by atoms with Crippen LogP contribution in [-0.4, -0.2) is 19.2 Å². The van der Waals surface area contributed by atoms with Gasteiger partial charge >= 0.3 is 0 Å². The molecule has 0 aliphatic rings. The standard InChI is InChI=1S/C15H24FNO/c1-4-9-17-10-15(12(2)3)18-11-13-7-5-6-8-14(13)16/h5-8,12,15,17H,4,9-11H2,1-3H3. The molecule has 1 atom stereocenters. The van der Waals surface area contributed by atoms with Gasteiger partial charge in [0.1, 0.15) is 5.82 Å². The van der Waals surface area contributed by atoms with Gasteiger partial charge in [-0.1, -0.05) is 39.0 Å². The maximum atomic E-state index is 13.5. The molecule has 3 heteroatoms. The molecular formula is C15H24FNO. The van der Waals surface area contributed by atoms with E-state index >= 15 is 0 Å². The normalized spacial score (nSPS) is 12.9. The monoisotopic (exact) mass is 253 g/mol. The first-order valence-corrected chi connectivity index (χ1v) is 6.70. The van der Waals surface area contributed by atoms with E-state index in [-0.39, 0.29) is 11.9 Å². The van der Waals surface area contributed by atoms with E-state index < -0.39 is 0 Å². The van der Waals surface area contributed by atoms with Crippen LogP contribution in [0.25, 0.3) is 0 Å². The van der Waals surface area contributed by atoms with Crippen LogP contribution in [0, 0.1) is 11.7 Å². The lowest BCUT2D eigenvalue weighted by molar-refractivity contribution is 0.0102. The lowest BCUT2D eigenvalue weighted by atomic mass is 10.1. The average molecular weight is 253 g/mol. The average Bonchev–Trinajstić information content (AvgIpc) is 2.35. The van der Waals surface area contributed by atoms with Crippen molar-refractivity contribution >= 4 is 0 Å². The lowest BCUT2D eigenvalue weighted by Crippen LogP contribution is -2.33. The quantitative estimate of drug-likeness (QED) is 0.717. The van der Waals surface area contributed by atoms with Gasteiger partial charge < -0.3 is 10.1 Å². The summed E-state index contributed by atoms with van der Waals surface area (Å²) in [6.07, 6.45) is 1.23. The lowest BCUT2D eigenvalue weighted by Gasteiger charge is -2.22. The number of halogens is 1. The Labute approximate surface area is 110 Å². The van der Waals surface area contributed by atoms with Crippen LogP contribution < -0.4 is 5.32 Å². The summed E-state index contributed by atoms with van der Waals surface area (Å²) in [7, 11) is 0. The summed E-state index contributed by atoms with van der Waals surface area (Å²) < 4.78 is 19.3. The maximum absolute atomic E-state index is 13.5. The zero-order chi connectivity index (χ0) is 13.4. The van der Waals surface area contributed by atoms with Gasteiger partial charge in [0.05, 0.1) is 12.7 Å². The Kier molecular flexibility index (Phi) is 6.91. The van der Waals surface area contributed by atoms with E-state index in [4.69, 9.17) is 4.74 Å². The highest BCUT2D eigenvalue weighted by Crippen LogP contribution is 2.12. The summed E-state index contributed by atoms with van der Waals surface area (Å²) >= 11 is 0. The third-order valence-corrected chi connectivity index (χ3v) is 2.93. The molecular weight excluding hydrogens is 229 g/mol. The van der Waals surface area contributed by atoms with E-state index in [0.717, 1.165) is 19.5 Å². The van der Waals surface area contributed by atoms with Crippen molar-refractivity contribution in [1.82, 2.24) is 5.32 Å². The Morgan fingerprint density at radius 1 is 1.28 bits per heavy atom. The number of rotatable bonds is 8. The van der Waals surface area contributed by atoms with Crippen LogP contribution in [0.5, 0.6) is 0 Å². The highest BCUT2D eigenvalue weighted by Gasteiger charge is 2.14. The summed E-state index contributed by atoms with van der Waals surface area (Å²) in [5, 5.41) is 3.35. The van der Waals surface area contributed by atoms with Crippen molar-refractivity contribution < 1.29 is 9.13 Å². The third kappa shape index (κ3) is 5.15. The highest BCUT2D eigenvalue weighted by molar-refractivity contribution is 5.16. The minimum atomic E-state index is -0.193. The molecule has 1 N–H and O–H groups in total. The second-order valence-electron chi connectivity index (χ2n) is 4.89. The Hall–Kier alpha value is -0.930. The topological polar surface area (TPSA) is 21.3 Å². The van der Waals surface area contributed by atoms with Crippen LogP contribution in [0.3, 0.4) is 0 Å². The molecule has 0 heterocycles. The van der Waals surface area contributed by atoms with E-state index in [1.165, 1.54) is 6.07 Å². The molecule has 1 unspecified atom stereocenters. The first kappa shape index (κ1) is 15.1. The Morgan fingerprint density at radius 2 is 2.00 bits per heavy atom. The van der Waals surface area contributed by atoms with Crippen LogP contribution in [0.1, 0.15) is 32.8 Å². The predicted molar refractivity (Wildman–Crippen MR) is 73.0 cm³/mol. The summed E-state index contributed by atoms with van der Waals surface area (Å²) in [4.78, 5) is 0. The van der Waals surface area contributed by atoms with Gasteiger partial charge in [-0.25, -0.2) is 4.39 Å². The molecule has 0 amide bonds. The molecule has 0 aromatic heterocycles. The summed E-state index contributed by atoms with van der Waals surface area (Å²) in [6.45, 7) is 8.53. The smallest absolute Gasteiger partial charge is 0.128 e. The molecule has 2 nitrogen and oxygen atoms in total. The zero-order valence-corrected chi connectivity index (χ0v) is 11.6. The molecule has 18 heavy (non-hydrogen) atoms. The molecule has 0 fully saturated rings. The molecule has 102 valence electrons. The van der Waals surface area contributed by atoms with Crippen LogP contribution in [-0.2, 0) is 11.3 Å². The van der Waals surface area contributed by atoms with Gasteiger partial charge in [-0.2, -0.15) is 0 Å². The van der Waals surface area contributed by atoms with Gasteiger partial charge in [0.15, 0.2) is 0 Å². The zero-order valence-electron chi connectivity index (χ0n) is 11.6. The number of nitrogens with one attached hydrogen (secondary N) is 1. The Bertz CT molecular complexity index is 341. The second kappa shape index (κ2) is 8.22. The molecule has 0 bridgehead atoms.